The van der Waals surface area contributed by atoms with Crippen LogP contribution in [0.3, 0.4) is 0 Å². The van der Waals surface area contributed by atoms with Gasteiger partial charge < -0.3 is 44.5 Å². The third-order valence-electron chi connectivity index (χ3n) is 7.41. The SMILES string of the molecule is CC(C)OC[C@H](N[P+](=O)Oc1ccccc1CCC(=O)OC(C)C)C(=O)OC[C@H]1O[C@@H](Cn2cnc3c(N)nc(N)nc32)[C@H]2OC(=O)O[C@@H]21. The Morgan fingerprint density at radius 3 is 2.53 bits per heavy atom. The zero-order valence-corrected chi connectivity index (χ0v) is 28.2. The minimum absolute atomic E-state index is 0.0398. The van der Waals surface area contributed by atoms with Crippen molar-refractivity contribution in [2.75, 3.05) is 24.7 Å². The van der Waals surface area contributed by atoms with E-state index in [1.54, 1.807) is 56.5 Å². The Hall–Kier alpha value is -4.64. The molecule has 5 N–H and O–H groups in total. The lowest BCUT2D eigenvalue weighted by atomic mass is 10.1. The van der Waals surface area contributed by atoms with Crippen LogP contribution < -0.4 is 21.1 Å². The number of carbonyl (C=O) groups excluding carboxylic acids is 3. The number of benzene rings is 1. The molecule has 2 aromatic heterocycles. The van der Waals surface area contributed by atoms with E-state index in [2.05, 4.69) is 20.0 Å². The van der Waals surface area contributed by atoms with Gasteiger partial charge in [0.05, 0.1) is 31.7 Å². The monoisotopic (exact) mass is 704 g/mol. The van der Waals surface area contributed by atoms with Gasteiger partial charge in [0, 0.05) is 16.5 Å². The number of ether oxygens (including phenoxy) is 6. The van der Waals surface area contributed by atoms with Crippen LogP contribution in [0.2, 0.25) is 0 Å². The number of nitrogens with zero attached hydrogens (tertiary/aromatic N) is 4. The smallest absolute Gasteiger partial charge is 0.463 e. The molecule has 0 radical (unpaired) electrons. The van der Waals surface area contributed by atoms with E-state index in [9.17, 15) is 18.9 Å². The zero-order chi connectivity index (χ0) is 35.2. The van der Waals surface area contributed by atoms with E-state index in [1.165, 1.54) is 6.33 Å². The van der Waals surface area contributed by atoms with Gasteiger partial charge in [0.2, 0.25) is 5.95 Å². The molecule has 6 atom stereocenters. The van der Waals surface area contributed by atoms with Gasteiger partial charge in [0.1, 0.15) is 24.3 Å². The van der Waals surface area contributed by atoms with Crippen molar-refractivity contribution in [3.05, 3.63) is 36.2 Å². The molecule has 2 aliphatic heterocycles. The summed E-state index contributed by atoms with van der Waals surface area (Å²) < 4.78 is 53.6. The molecule has 1 unspecified atom stereocenters. The van der Waals surface area contributed by atoms with Crippen molar-refractivity contribution in [2.45, 2.75) is 89.7 Å². The van der Waals surface area contributed by atoms with Gasteiger partial charge in [-0.3, -0.25) is 9.59 Å². The predicted octanol–water partition coefficient (Wildman–Crippen LogP) is 2.21. The number of nitrogen functional groups attached to an aromatic ring is 2. The molecule has 2 fully saturated rings. The van der Waals surface area contributed by atoms with Gasteiger partial charge in [0.25, 0.3) is 0 Å². The maximum atomic E-state index is 13.3. The number of nitrogens with one attached hydrogen (secondary N) is 1. The van der Waals surface area contributed by atoms with Gasteiger partial charge in [-0.1, -0.05) is 23.3 Å². The summed E-state index contributed by atoms with van der Waals surface area (Å²) in [5.74, 6) is -0.843. The number of fused-ring (bicyclic) bond motifs is 2. The number of aryl methyl sites for hydroxylation is 1. The molecule has 0 spiro atoms. The number of hydrogen-bond acceptors (Lipinski definition) is 16. The summed E-state index contributed by atoms with van der Waals surface area (Å²) in [4.78, 5) is 49.8. The Morgan fingerprint density at radius 1 is 1.06 bits per heavy atom. The summed E-state index contributed by atoms with van der Waals surface area (Å²) in [5, 5.41) is 2.63. The highest BCUT2D eigenvalue weighted by Gasteiger charge is 2.54. The Morgan fingerprint density at radius 2 is 1.80 bits per heavy atom. The number of carbonyl (C=O) groups is 3. The Labute approximate surface area is 282 Å². The summed E-state index contributed by atoms with van der Waals surface area (Å²) in [6.07, 6.45) is -2.84. The number of anilines is 2. The van der Waals surface area contributed by atoms with Crippen LogP contribution >= 0.6 is 8.18 Å². The normalized spacial score (nSPS) is 20.9. The van der Waals surface area contributed by atoms with E-state index >= 15 is 0 Å². The van der Waals surface area contributed by atoms with Gasteiger partial charge in [-0.2, -0.15) is 9.97 Å². The molecular weight excluding hydrogens is 665 g/mol. The summed E-state index contributed by atoms with van der Waals surface area (Å²) in [7, 11) is -2.66. The van der Waals surface area contributed by atoms with Gasteiger partial charge in [-0.15, -0.1) is 0 Å². The van der Waals surface area contributed by atoms with Crippen molar-refractivity contribution >= 4 is 49.2 Å². The molecule has 2 saturated heterocycles. The van der Waals surface area contributed by atoms with E-state index in [0.717, 1.165) is 0 Å². The summed E-state index contributed by atoms with van der Waals surface area (Å²) in [5.41, 5.74) is 13.0. The largest absolute Gasteiger partial charge is 0.664 e. The molecular formula is C30H39N7O11P+. The quantitative estimate of drug-likeness (QED) is 0.110. The minimum Gasteiger partial charge on any atom is -0.463 e. The van der Waals surface area contributed by atoms with Crippen LogP contribution in [0, 0.1) is 0 Å². The highest BCUT2D eigenvalue weighted by molar-refractivity contribution is 7.37. The van der Waals surface area contributed by atoms with E-state index in [-0.39, 0.29) is 61.9 Å². The Bertz CT molecular complexity index is 1690. The second-order valence-electron chi connectivity index (χ2n) is 11.9. The highest BCUT2D eigenvalue weighted by atomic mass is 31.1. The van der Waals surface area contributed by atoms with Gasteiger partial charge >= 0.3 is 26.3 Å². The molecule has 0 aliphatic carbocycles. The topological polar surface area (TPSA) is 241 Å². The van der Waals surface area contributed by atoms with E-state index in [1.807, 2.05) is 0 Å². The number of aromatic nitrogens is 4. The van der Waals surface area contributed by atoms with Crippen LogP contribution in [0.5, 0.6) is 5.75 Å². The number of imidazole rings is 1. The highest BCUT2D eigenvalue weighted by Crippen LogP contribution is 2.34. The van der Waals surface area contributed by atoms with E-state index < -0.39 is 50.8 Å². The lowest BCUT2D eigenvalue weighted by Gasteiger charge is -2.19. The molecule has 0 bridgehead atoms. The number of rotatable bonds is 16. The van der Waals surface area contributed by atoms with Crippen molar-refractivity contribution < 1.29 is 51.9 Å². The molecule has 4 heterocycles. The molecule has 264 valence electrons. The fourth-order valence-corrected chi connectivity index (χ4v) is 6.09. The van der Waals surface area contributed by atoms with Gasteiger partial charge in [0.15, 0.2) is 35.5 Å². The van der Waals surface area contributed by atoms with Crippen LogP contribution in [0.25, 0.3) is 11.2 Å². The number of hydrogen-bond donors (Lipinski definition) is 3. The standard InChI is InChI=1S/C30H39N7O11P/c1-15(2)42-12-18(36-49(41)48-19-8-6-5-7-17(19)9-10-22(38)44-16(3)4)28(39)43-13-21-25-24(46-30(40)47-25)20(45-21)11-37-14-33-23-26(31)34-29(32)35-27(23)37/h5-8,14-16,18,20-21,24-25H,9-13H2,1-4H3,(H,36,41)(H4,31,32,34,35)/q+1/t18-,20-,21+,24+,25+/m0/s1. The first-order valence-corrected chi connectivity index (χ1v) is 16.8. The fourth-order valence-electron chi connectivity index (χ4n) is 5.24. The van der Waals surface area contributed by atoms with Crippen molar-refractivity contribution in [3.63, 3.8) is 0 Å². The predicted molar refractivity (Wildman–Crippen MR) is 171 cm³/mol. The molecule has 49 heavy (non-hydrogen) atoms. The van der Waals surface area contributed by atoms with E-state index in [4.69, 9.17) is 44.4 Å². The molecule has 18 nitrogen and oxygen atoms in total. The first kappa shape index (κ1) is 35.7. The van der Waals surface area contributed by atoms with Crippen LogP contribution in [0.1, 0.15) is 39.7 Å². The average Bonchev–Trinajstić information content (AvgIpc) is 3.71. The number of nitrogens with two attached hydrogens (primary N) is 2. The number of esters is 2. The molecule has 19 heteroatoms. The summed E-state index contributed by atoms with van der Waals surface area (Å²) in [6.45, 7) is 6.68. The first-order chi connectivity index (χ1) is 23.4. The van der Waals surface area contributed by atoms with Crippen LogP contribution in [0.4, 0.5) is 16.6 Å². The van der Waals surface area contributed by atoms with Crippen molar-refractivity contribution in [2.24, 2.45) is 0 Å². The first-order valence-electron chi connectivity index (χ1n) is 15.6. The molecule has 1 aromatic carbocycles. The molecule has 0 saturated carbocycles. The maximum Gasteiger partial charge on any atom is 0.664 e. The lowest BCUT2D eigenvalue weighted by Crippen LogP contribution is -2.41. The molecule has 2 aliphatic rings. The van der Waals surface area contributed by atoms with Crippen molar-refractivity contribution in [1.82, 2.24) is 24.6 Å². The Balaban J connectivity index is 1.21. The van der Waals surface area contributed by atoms with Crippen LogP contribution in [-0.4, -0.2) is 93.5 Å². The summed E-state index contributed by atoms with van der Waals surface area (Å²) >= 11 is 0. The average molecular weight is 705 g/mol. The van der Waals surface area contributed by atoms with Crippen LogP contribution in [0.15, 0.2) is 30.6 Å². The third-order valence-corrected chi connectivity index (χ3v) is 8.29. The Kier molecular flexibility index (Phi) is 11.4. The van der Waals surface area contributed by atoms with E-state index in [0.29, 0.717) is 23.1 Å². The minimum atomic E-state index is -2.66. The van der Waals surface area contributed by atoms with Crippen molar-refractivity contribution in [1.29, 1.82) is 0 Å². The molecule has 3 aromatic rings. The molecule has 5 rings (SSSR count). The van der Waals surface area contributed by atoms with Crippen molar-refractivity contribution in [3.8, 4) is 5.75 Å². The number of para-hydroxylation sites is 1. The van der Waals surface area contributed by atoms with Gasteiger partial charge in [-0.25, -0.2) is 14.3 Å². The third kappa shape index (κ3) is 9.08. The maximum absolute atomic E-state index is 13.3. The fraction of sp³-hybridized carbons (Fsp3) is 0.533. The zero-order valence-electron chi connectivity index (χ0n) is 27.3. The lowest BCUT2D eigenvalue weighted by molar-refractivity contribution is -0.153. The molecule has 0 amide bonds. The second kappa shape index (κ2) is 15.7. The summed E-state index contributed by atoms with van der Waals surface area (Å²) in [6, 6.07) is 5.59. The van der Waals surface area contributed by atoms with Gasteiger partial charge in [-0.05, 0) is 40.2 Å². The van der Waals surface area contributed by atoms with Crippen LogP contribution in [-0.2, 0) is 55.5 Å². The second-order valence-corrected chi connectivity index (χ2v) is 12.8.